The fraction of sp³-hybridized carbons (Fsp3) is 0.308. The van der Waals surface area contributed by atoms with E-state index in [-0.39, 0.29) is 23.5 Å². The smallest absolute Gasteiger partial charge is 0.271 e. The zero-order valence-electron chi connectivity index (χ0n) is 11.0. The summed E-state index contributed by atoms with van der Waals surface area (Å²) in [4.78, 5) is 20.5. The highest BCUT2D eigenvalue weighted by Gasteiger charge is 2.29. The number of carbonyl (C=O) groups excluding carboxylic acids is 1. The van der Waals surface area contributed by atoms with E-state index in [1.54, 1.807) is 11.6 Å². The van der Waals surface area contributed by atoms with Crippen molar-refractivity contribution in [3.8, 4) is 10.7 Å². The summed E-state index contributed by atoms with van der Waals surface area (Å²) in [7, 11) is -3.00. The van der Waals surface area contributed by atoms with Gasteiger partial charge in [0, 0.05) is 17.6 Å². The maximum Gasteiger partial charge on any atom is 0.271 e. The van der Waals surface area contributed by atoms with Crippen molar-refractivity contribution in [2.45, 2.75) is 12.5 Å². The molecule has 1 N–H and O–H groups in total. The number of hydrogen-bond acceptors (Lipinski definition) is 6. The fourth-order valence-electron chi connectivity index (χ4n) is 2.15. The van der Waals surface area contributed by atoms with Gasteiger partial charge in [0.1, 0.15) is 10.7 Å². The SMILES string of the molecule is O=C(NC1CCS(=O)(=O)C1)c1csc(-c2ccccn2)n1. The summed E-state index contributed by atoms with van der Waals surface area (Å²) < 4.78 is 22.7. The van der Waals surface area contributed by atoms with Gasteiger partial charge < -0.3 is 5.32 Å². The van der Waals surface area contributed by atoms with Gasteiger partial charge in [0.25, 0.3) is 5.91 Å². The second kappa shape index (κ2) is 5.53. The summed E-state index contributed by atoms with van der Waals surface area (Å²) in [5.41, 5.74) is 1.01. The molecule has 1 saturated heterocycles. The second-order valence-corrected chi connectivity index (χ2v) is 7.91. The number of rotatable bonds is 3. The van der Waals surface area contributed by atoms with Crippen molar-refractivity contribution in [3.63, 3.8) is 0 Å². The fourth-order valence-corrected chi connectivity index (χ4v) is 4.60. The number of nitrogens with zero attached hydrogens (tertiary/aromatic N) is 2. The summed E-state index contributed by atoms with van der Waals surface area (Å²) >= 11 is 1.34. The molecule has 0 aromatic carbocycles. The molecule has 0 saturated carbocycles. The Bertz CT molecular complexity index is 756. The predicted molar refractivity (Wildman–Crippen MR) is 79.9 cm³/mol. The Morgan fingerprint density at radius 1 is 1.38 bits per heavy atom. The Labute approximate surface area is 126 Å². The van der Waals surface area contributed by atoms with Gasteiger partial charge in [0.15, 0.2) is 9.84 Å². The van der Waals surface area contributed by atoms with Crippen LogP contribution >= 0.6 is 11.3 Å². The van der Waals surface area contributed by atoms with Gasteiger partial charge >= 0.3 is 0 Å². The van der Waals surface area contributed by atoms with Crippen LogP contribution in [0.15, 0.2) is 29.8 Å². The lowest BCUT2D eigenvalue weighted by atomic mass is 10.2. The van der Waals surface area contributed by atoms with Crippen molar-refractivity contribution >= 4 is 27.1 Å². The molecule has 0 aliphatic carbocycles. The number of sulfone groups is 1. The first-order chi connectivity index (χ1) is 10.0. The zero-order valence-corrected chi connectivity index (χ0v) is 12.7. The average molecular weight is 323 g/mol. The predicted octanol–water partition coefficient (Wildman–Crippen LogP) is 1.12. The topological polar surface area (TPSA) is 89.0 Å². The first-order valence-electron chi connectivity index (χ1n) is 6.42. The maximum absolute atomic E-state index is 12.1. The molecule has 21 heavy (non-hydrogen) atoms. The molecule has 2 aromatic heterocycles. The van der Waals surface area contributed by atoms with Crippen LogP contribution in [0.3, 0.4) is 0 Å². The van der Waals surface area contributed by atoms with Crippen molar-refractivity contribution in [3.05, 3.63) is 35.5 Å². The quantitative estimate of drug-likeness (QED) is 0.914. The van der Waals surface area contributed by atoms with E-state index < -0.39 is 9.84 Å². The Morgan fingerprint density at radius 3 is 2.90 bits per heavy atom. The van der Waals surface area contributed by atoms with Crippen LogP contribution in [0.1, 0.15) is 16.9 Å². The third-order valence-corrected chi connectivity index (χ3v) is 5.82. The summed E-state index contributed by atoms with van der Waals surface area (Å²) in [6.45, 7) is 0. The molecule has 8 heteroatoms. The third-order valence-electron chi connectivity index (χ3n) is 3.19. The first-order valence-corrected chi connectivity index (χ1v) is 9.12. The van der Waals surface area contributed by atoms with Crippen LogP contribution in [-0.2, 0) is 9.84 Å². The van der Waals surface area contributed by atoms with Crippen LogP contribution in [-0.4, -0.2) is 41.8 Å². The van der Waals surface area contributed by atoms with E-state index in [0.29, 0.717) is 22.8 Å². The van der Waals surface area contributed by atoms with Crippen LogP contribution in [0.25, 0.3) is 10.7 Å². The molecule has 1 amide bonds. The van der Waals surface area contributed by atoms with E-state index in [1.165, 1.54) is 11.3 Å². The van der Waals surface area contributed by atoms with Gasteiger partial charge in [-0.25, -0.2) is 13.4 Å². The van der Waals surface area contributed by atoms with Crippen LogP contribution < -0.4 is 5.32 Å². The number of carbonyl (C=O) groups is 1. The molecule has 2 aromatic rings. The van der Waals surface area contributed by atoms with Gasteiger partial charge in [-0.2, -0.15) is 0 Å². The molecule has 1 fully saturated rings. The molecular weight excluding hydrogens is 310 g/mol. The van der Waals surface area contributed by atoms with Crippen LogP contribution in [0.4, 0.5) is 0 Å². The lowest BCUT2D eigenvalue weighted by Gasteiger charge is -2.08. The molecule has 1 aliphatic rings. The monoisotopic (exact) mass is 323 g/mol. The summed E-state index contributed by atoms with van der Waals surface area (Å²) in [5, 5.41) is 5.04. The number of hydrogen-bond donors (Lipinski definition) is 1. The Morgan fingerprint density at radius 2 is 2.24 bits per heavy atom. The van der Waals surface area contributed by atoms with Crippen molar-refractivity contribution < 1.29 is 13.2 Å². The minimum atomic E-state index is -3.00. The Hall–Kier alpha value is -1.80. The molecule has 3 heterocycles. The molecule has 3 rings (SSSR count). The summed E-state index contributed by atoms with van der Waals surface area (Å²) in [5.74, 6) is -0.194. The highest BCUT2D eigenvalue weighted by atomic mass is 32.2. The lowest BCUT2D eigenvalue weighted by Crippen LogP contribution is -2.35. The molecule has 1 atom stereocenters. The molecule has 1 aliphatic heterocycles. The molecule has 0 spiro atoms. The van der Waals surface area contributed by atoms with E-state index in [1.807, 2.05) is 18.2 Å². The zero-order chi connectivity index (χ0) is 14.9. The van der Waals surface area contributed by atoms with Crippen molar-refractivity contribution in [1.29, 1.82) is 0 Å². The minimum Gasteiger partial charge on any atom is -0.347 e. The largest absolute Gasteiger partial charge is 0.347 e. The van der Waals surface area contributed by atoms with E-state index >= 15 is 0 Å². The van der Waals surface area contributed by atoms with Crippen LogP contribution in [0, 0.1) is 0 Å². The van der Waals surface area contributed by atoms with Crippen molar-refractivity contribution in [2.24, 2.45) is 0 Å². The number of pyridine rings is 1. The van der Waals surface area contributed by atoms with Gasteiger partial charge in [-0.1, -0.05) is 6.07 Å². The van der Waals surface area contributed by atoms with E-state index in [9.17, 15) is 13.2 Å². The normalized spacial score (nSPS) is 20.3. The minimum absolute atomic E-state index is 0.00990. The van der Waals surface area contributed by atoms with Crippen molar-refractivity contribution in [2.75, 3.05) is 11.5 Å². The standard InChI is InChI=1S/C13H13N3O3S2/c17-12(15-9-4-6-21(18,19)8-9)11-7-20-13(16-11)10-3-1-2-5-14-10/h1-3,5,7,9H,4,6,8H2,(H,15,17). The second-order valence-electron chi connectivity index (χ2n) is 4.83. The number of amides is 1. The van der Waals surface area contributed by atoms with Crippen molar-refractivity contribution in [1.82, 2.24) is 15.3 Å². The highest BCUT2D eigenvalue weighted by Crippen LogP contribution is 2.21. The Balaban J connectivity index is 1.70. The van der Waals surface area contributed by atoms with Gasteiger partial charge in [-0.05, 0) is 18.6 Å². The molecule has 1 unspecified atom stereocenters. The van der Waals surface area contributed by atoms with Gasteiger partial charge in [-0.3, -0.25) is 9.78 Å². The molecule has 6 nitrogen and oxygen atoms in total. The lowest BCUT2D eigenvalue weighted by molar-refractivity contribution is 0.0937. The third kappa shape index (κ3) is 3.27. The van der Waals surface area contributed by atoms with Gasteiger partial charge in [-0.15, -0.1) is 11.3 Å². The highest BCUT2D eigenvalue weighted by molar-refractivity contribution is 7.91. The first kappa shape index (κ1) is 14.2. The van der Waals surface area contributed by atoms with Gasteiger partial charge in [0.2, 0.25) is 0 Å². The van der Waals surface area contributed by atoms with Crippen LogP contribution in [0.2, 0.25) is 0 Å². The Kier molecular flexibility index (Phi) is 3.73. The molecular formula is C13H13N3O3S2. The number of nitrogens with one attached hydrogen (secondary N) is 1. The molecule has 0 bridgehead atoms. The van der Waals surface area contributed by atoms with E-state index in [0.717, 1.165) is 0 Å². The van der Waals surface area contributed by atoms with E-state index in [2.05, 4.69) is 15.3 Å². The van der Waals surface area contributed by atoms with E-state index in [4.69, 9.17) is 0 Å². The van der Waals surface area contributed by atoms with Crippen LogP contribution in [0.5, 0.6) is 0 Å². The summed E-state index contributed by atoms with van der Waals surface area (Å²) in [6.07, 6.45) is 2.13. The van der Waals surface area contributed by atoms with Gasteiger partial charge in [0.05, 0.1) is 17.2 Å². The number of thiazole rings is 1. The molecule has 110 valence electrons. The average Bonchev–Trinajstić information content (AvgIpc) is 3.07. The maximum atomic E-state index is 12.1. The summed E-state index contributed by atoms with van der Waals surface area (Å²) in [6, 6.07) is 5.17. The number of aromatic nitrogens is 2. The molecule has 0 radical (unpaired) electrons.